The van der Waals surface area contributed by atoms with Gasteiger partial charge in [0.2, 0.25) is 0 Å². The fourth-order valence-corrected chi connectivity index (χ4v) is 2.56. The van der Waals surface area contributed by atoms with E-state index in [0.29, 0.717) is 30.3 Å². The van der Waals surface area contributed by atoms with Crippen molar-refractivity contribution in [3.8, 4) is 17.6 Å². The Balaban J connectivity index is 2.30. The Kier molecular flexibility index (Phi) is 6.04. The van der Waals surface area contributed by atoms with E-state index < -0.39 is 0 Å². The Bertz CT molecular complexity index is 626. The summed E-state index contributed by atoms with van der Waals surface area (Å²) < 4.78 is 11.1. The van der Waals surface area contributed by atoms with Crippen molar-refractivity contribution in [2.24, 2.45) is 0 Å². The van der Waals surface area contributed by atoms with E-state index >= 15 is 0 Å². The number of benzene rings is 1. The number of hydrogen-bond donors (Lipinski definition) is 0. The van der Waals surface area contributed by atoms with Gasteiger partial charge in [-0.2, -0.15) is 5.26 Å². The molecule has 1 fully saturated rings. The van der Waals surface area contributed by atoms with Gasteiger partial charge in [-0.3, -0.25) is 4.79 Å². The van der Waals surface area contributed by atoms with Crippen molar-refractivity contribution in [1.29, 1.82) is 5.26 Å². The summed E-state index contributed by atoms with van der Waals surface area (Å²) in [5, 5.41) is 9.35. The first-order chi connectivity index (χ1) is 11.2. The quantitative estimate of drug-likeness (QED) is 0.598. The maximum Gasteiger partial charge on any atom is 0.264 e. The average molecular weight is 314 g/mol. The number of nitrogens with zero attached hydrogens (tertiary/aromatic N) is 2. The maximum absolute atomic E-state index is 12.4. The van der Waals surface area contributed by atoms with Crippen molar-refractivity contribution in [2.45, 2.75) is 26.7 Å². The van der Waals surface area contributed by atoms with Crippen LogP contribution in [0.4, 0.5) is 0 Å². The first-order valence-electron chi connectivity index (χ1n) is 8.00. The normalized spacial score (nSPS) is 14.5. The van der Waals surface area contributed by atoms with Gasteiger partial charge in [-0.15, -0.1) is 0 Å². The Morgan fingerprint density at radius 1 is 1.26 bits per heavy atom. The lowest BCUT2D eigenvalue weighted by Crippen LogP contribution is -2.28. The lowest BCUT2D eigenvalue weighted by Gasteiger charge is -2.15. The van der Waals surface area contributed by atoms with Crippen molar-refractivity contribution in [3.63, 3.8) is 0 Å². The molecule has 1 aromatic rings. The van der Waals surface area contributed by atoms with Crippen LogP contribution >= 0.6 is 0 Å². The zero-order chi connectivity index (χ0) is 16.7. The number of carbonyl (C=O) groups excluding carboxylic acids is 1. The molecule has 1 aliphatic heterocycles. The molecule has 1 amide bonds. The highest BCUT2D eigenvalue weighted by Gasteiger charge is 2.21. The molecule has 0 aliphatic carbocycles. The molecule has 0 radical (unpaired) electrons. The molecule has 0 unspecified atom stereocenters. The van der Waals surface area contributed by atoms with Gasteiger partial charge in [0.05, 0.1) is 13.2 Å². The molecule has 0 bridgehead atoms. The number of nitriles is 1. The predicted molar refractivity (Wildman–Crippen MR) is 88.2 cm³/mol. The third kappa shape index (κ3) is 4.26. The Hall–Kier alpha value is -2.48. The summed E-state index contributed by atoms with van der Waals surface area (Å²) in [6.07, 6.45) is 3.59. The van der Waals surface area contributed by atoms with Gasteiger partial charge in [-0.1, -0.05) is 0 Å². The second-order valence-electron chi connectivity index (χ2n) is 5.23. The molecule has 1 aliphatic rings. The highest BCUT2D eigenvalue weighted by atomic mass is 16.5. The van der Waals surface area contributed by atoms with Gasteiger partial charge in [0, 0.05) is 24.7 Å². The summed E-state index contributed by atoms with van der Waals surface area (Å²) in [6, 6.07) is 7.43. The zero-order valence-electron chi connectivity index (χ0n) is 13.7. The molecule has 122 valence electrons. The van der Waals surface area contributed by atoms with E-state index in [1.807, 2.05) is 32.0 Å². The first kappa shape index (κ1) is 16.9. The van der Waals surface area contributed by atoms with Crippen LogP contribution in [0.1, 0.15) is 32.3 Å². The number of likely N-dealkylation sites (tertiary alicyclic amines) is 1. The molecule has 0 saturated carbocycles. The molecule has 1 saturated heterocycles. The van der Waals surface area contributed by atoms with Crippen LogP contribution in [-0.4, -0.2) is 37.1 Å². The van der Waals surface area contributed by atoms with Gasteiger partial charge < -0.3 is 14.4 Å². The second-order valence-corrected chi connectivity index (χ2v) is 5.23. The van der Waals surface area contributed by atoms with Crippen molar-refractivity contribution in [1.82, 2.24) is 4.90 Å². The van der Waals surface area contributed by atoms with E-state index in [1.165, 1.54) is 0 Å². The highest BCUT2D eigenvalue weighted by Crippen LogP contribution is 2.27. The highest BCUT2D eigenvalue weighted by molar-refractivity contribution is 6.02. The van der Waals surface area contributed by atoms with Crippen LogP contribution < -0.4 is 9.47 Å². The number of hydrogen-bond acceptors (Lipinski definition) is 4. The smallest absolute Gasteiger partial charge is 0.264 e. The van der Waals surface area contributed by atoms with Gasteiger partial charge >= 0.3 is 0 Å². The van der Waals surface area contributed by atoms with Gasteiger partial charge in [-0.25, -0.2) is 0 Å². The lowest BCUT2D eigenvalue weighted by atomic mass is 10.1. The van der Waals surface area contributed by atoms with Crippen LogP contribution in [-0.2, 0) is 4.79 Å². The minimum atomic E-state index is -0.207. The van der Waals surface area contributed by atoms with Gasteiger partial charge in [-0.05, 0) is 44.9 Å². The van der Waals surface area contributed by atoms with Gasteiger partial charge in [0.15, 0.2) is 0 Å². The van der Waals surface area contributed by atoms with Crippen molar-refractivity contribution < 1.29 is 14.3 Å². The minimum absolute atomic E-state index is 0.136. The van der Waals surface area contributed by atoms with Crippen LogP contribution in [0.2, 0.25) is 0 Å². The SMILES string of the molecule is CCOc1ccc(/C=C(\C#N)C(=O)N2CCCC2)c(OCC)c1. The Labute approximate surface area is 137 Å². The molecule has 23 heavy (non-hydrogen) atoms. The van der Waals surface area contributed by atoms with E-state index in [-0.39, 0.29) is 11.5 Å². The van der Waals surface area contributed by atoms with Crippen LogP contribution in [0.3, 0.4) is 0 Å². The van der Waals surface area contributed by atoms with Crippen LogP contribution in [0.25, 0.3) is 6.08 Å². The summed E-state index contributed by atoms with van der Waals surface area (Å²) in [7, 11) is 0. The van der Waals surface area contributed by atoms with E-state index in [4.69, 9.17) is 9.47 Å². The van der Waals surface area contributed by atoms with Crippen LogP contribution in [0, 0.1) is 11.3 Å². The summed E-state index contributed by atoms with van der Waals surface area (Å²) in [5.41, 5.74) is 0.844. The molecular weight excluding hydrogens is 292 g/mol. The molecule has 2 rings (SSSR count). The number of ether oxygens (including phenoxy) is 2. The largest absolute Gasteiger partial charge is 0.494 e. The standard InChI is InChI=1S/C18H22N2O3/c1-3-22-16-8-7-14(17(12-16)23-4-2)11-15(13-19)18(21)20-9-5-6-10-20/h7-8,11-12H,3-6,9-10H2,1-2H3/b15-11+. The fraction of sp³-hybridized carbons (Fsp3) is 0.444. The van der Waals surface area contributed by atoms with E-state index in [2.05, 4.69) is 0 Å². The molecule has 1 heterocycles. The predicted octanol–water partition coefficient (Wildman–Crippen LogP) is 3.01. The van der Waals surface area contributed by atoms with Crippen LogP contribution in [0.5, 0.6) is 11.5 Å². The molecular formula is C18H22N2O3. The second kappa shape index (κ2) is 8.23. The van der Waals surface area contributed by atoms with Crippen molar-refractivity contribution >= 4 is 12.0 Å². The molecule has 0 aromatic heterocycles. The molecule has 1 aromatic carbocycles. The van der Waals surface area contributed by atoms with Gasteiger partial charge in [0.25, 0.3) is 5.91 Å². The van der Waals surface area contributed by atoms with Crippen molar-refractivity contribution in [3.05, 3.63) is 29.3 Å². The lowest BCUT2D eigenvalue weighted by molar-refractivity contribution is -0.125. The zero-order valence-corrected chi connectivity index (χ0v) is 13.7. The van der Waals surface area contributed by atoms with Gasteiger partial charge in [0.1, 0.15) is 23.1 Å². The molecule has 0 N–H and O–H groups in total. The first-order valence-corrected chi connectivity index (χ1v) is 8.00. The molecule has 0 atom stereocenters. The monoisotopic (exact) mass is 314 g/mol. The maximum atomic E-state index is 12.4. The summed E-state index contributed by atoms with van der Waals surface area (Å²) in [5.74, 6) is 1.11. The topological polar surface area (TPSA) is 62.6 Å². The Morgan fingerprint density at radius 2 is 1.96 bits per heavy atom. The third-order valence-electron chi connectivity index (χ3n) is 3.64. The fourth-order valence-electron chi connectivity index (χ4n) is 2.56. The van der Waals surface area contributed by atoms with Crippen LogP contribution in [0.15, 0.2) is 23.8 Å². The molecule has 5 nitrogen and oxygen atoms in total. The summed E-state index contributed by atoms with van der Waals surface area (Å²) >= 11 is 0. The number of rotatable bonds is 6. The van der Waals surface area contributed by atoms with E-state index in [9.17, 15) is 10.1 Å². The third-order valence-corrected chi connectivity index (χ3v) is 3.64. The van der Waals surface area contributed by atoms with Crippen molar-refractivity contribution in [2.75, 3.05) is 26.3 Å². The molecule has 5 heteroatoms. The summed E-state index contributed by atoms with van der Waals surface area (Å²) in [6.45, 7) is 6.31. The Morgan fingerprint density at radius 3 is 2.57 bits per heavy atom. The van der Waals surface area contributed by atoms with E-state index in [0.717, 1.165) is 25.9 Å². The molecule has 0 spiro atoms. The summed E-state index contributed by atoms with van der Waals surface area (Å²) in [4.78, 5) is 14.1. The number of amides is 1. The number of carbonyl (C=O) groups is 1. The minimum Gasteiger partial charge on any atom is -0.494 e. The average Bonchev–Trinajstić information content (AvgIpc) is 3.08. The van der Waals surface area contributed by atoms with E-state index in [1.54, 1.807) is 17.0 Å².